The van der Waals surface area contributed by atoms with Crippen molar-refractivity contribution in [3.05, 3.63) is 24.0 Å². The fourth-order valence-corrected chi connectivity index (χ4v) is 1.14. The van der Waals surface area contributed by atoms with E-state index in [-0.39, 0.29) is 17.9 Å². The molecule has 0 aliphatic carbocycles. The topological polar surface area (TPSA) is 99.9 Å². The van der Waals surface area contributed by atoms with Crippen LogP contribution in [-0.4, -0.2) is 39.5 Å². The molecule has 0 aromatic carbocycles. The molecule has 1 rings (SSSR count). The molecular weight excluding hydrogens is 214 g/mol. The largest absolute Gasteiger partial charge is 0.506 e. The van der Waals surface area contributed by atoms with Crippen molar-refractivity contribution in [3.8, 4) is 5.75 Å². The van der Waals surface area contributed by atoms with Gasteiger partial charge in [-0.3, -0.25) is 9.78 Å². The smallest absolute Gasteiger partial charge is 0.308 e. The van der Waals surface area contributed by atoms with Crippen molar-refractivity contribution < 1.29 is 24.9 Å². The monoisotopic (exact) mass is 227 g/mol. The van der Waals surface area contributed by atoms with Gasteiger partial charge in [0.1, 0.15) is 11.9 Å². The highest BCUT2D eigenvalue weighted by Crippen LogP contribution is 2.18. The number of carbonyl (C=O) groups is 1. The summed E-state index contributed by atoms with van der Waals surface area (Å²) in [5, 5.41) is 28.1. The molecule has 3 N–H and O–H groups in total. The van der Waals surface area contributed by atoms with E-state index in [1.807, 2.05) is 0 Å². The van der Waals surface area contributed by atoms with E-state index < -0.39 is 18.2 Å². The number of rotatable bonds is 4. The lowest BCUT2D eigenvalue weighted by molar-refractivity contribution is -0.144. The van der Waals surface area contributed by atoms with Crippen LogP contribution in [0.5, 0.6) is 5.75 Å². The number of esters is 1. The Kier molecular flexibility index (Phi) is 4.21. The van der Waals surface area contributed by atoms with Gasteiger partial charge in [0.15, 0.2) is 0 Å². The van der Waals surface area contributed by atoms with Gasteiger partial charge >= 0.3 is 5.97 Å². The minimum Gasteiger partial charge on any atom is -0.506 e. The van der Waals surface area contributed by atoms with Crippen LogP contribution in [0.3, 0.4) is 0 Å². The minimum absolute atomic E-state index is 0.0431. The highest BCUT2D eigenvalue weighted by molar-refractivity contribution is 5.69. The maximum absolute atomic E-state index is 10.9. The first kappa shape index (κ1) is 12.4. The Morgan fingerprint density at radius 1 is 1.50 bits per heavy atom. The molecule has 1 aromatic heterocycles. The average Bonchev–Trinajstić information content (AvgIpc) is 2.28. The SMILES string of the molecule is COC(=O)CC(O)C(O)c1ccc(O)cn1. The number of hydrogen-bond acceptors (Lipinski definition) is 6. The van der Waals surface area contributed by atoms with E-state index in [1.54, 1.807) is 0 Å². The van der Waals surface area contributed by atoms with Gasteiger partial charge < -0.3 is 20.1 Å². The standard InChI is InChI=1S/C10H13NO5/c1-16-9(14)4-8(13)10(15)7-3-2-6(12)5-11-7/h2-3,5,8,10,12-13,15H,4H2,1H3. The molecule has 88 valence electrons. The van der Waals surface area contributed by atoms with Crippen molar-refractivity contribution in [2.24, 2.45) is 0 Å². The Balaban J connectivity index is 2.66. The summed E-state index contributed by atoms with van der Waals surface area (Å²) in [6.45, 7) is 0. The molecule has 2 atom stereocenters. The number of hydrogen-bond donors (Lipinski definition) is 3. The molecule has 0 bridgehead atoms. The molecule has 0 fully saturated rings. The van der Waals surface area contributed by atoms with Crippen molar-refractivity contribution >= 4 is 5.97 Å². The molecule has 0 aliphatic heterocycles. The summed E-state index contributed by atoms with van der Waals surface area (Å²) in [6, 6.07) is 2.69. The third kappa shape index (κ3) is 3.18. The highest BCUT2D eigenvalue weighted by Gasteiger charge is 2.22. The van der Waals surface area contributed by atoms with Crippen molar-refractivity contribution in [3.63, 3.8) is 0 Å². The summed E-state index contributed by atoms with van der Waals surface area (Å²) in [5.41, 5.74) is 0.175. The summed E-state index contributed by atoms with van der Waals surface area (Å²) in [6.07, 6.45) is -1.76. The number of aliphatic hydroxyl groups is 2. The molecule has 0 aliphatic rings. The lowest BCUT2D eigenvalue weighted by Gasteiger charge is -2.15. The molecule has 6 heteroatoms. The number of nitrogens with zero attached hydrogens (tertiary/aromatic N) is 1. The predicted molar refractivity (Wildman–Crippen MR) is 53.5 cm³/mol. The van der Waals surface area contributed by atoms with Gasteiger partial charge in [-0.15, -0.1) is 0 Å². The maximum Gasteiger partial charge on any atom is 0.308 e. The van der Waals surface area contributed by atoms with Crippen LogP contribution in [0.15, 0.2) is 18.3 Å². The van der Waals surface area contributed by atoms with E-state index in [9.17, 15) is 15.0 Å². The van der Waals surface area contributed by atoms with Gasteiger partial charge in [0.25, 0.3) is 0 Å². The quantitative estimate of drug-likeness (QED) is 0.613. The lowest BCUT2D eigenvalue weighted by atomic mass is 10.1. The van der Waals surface area contributed by atoms with Gasteiger partial charge in [0.05, 0.1) is 31.5 Å². The van der Waals surface area contributed by atoms with E-state index in [2.05, 4.69) is 9.72 Å². The van der Waals surface area contributed by atoms with Crippen LogP contribution in [0.4, 0.5) is 0 Å². The van der Waals surface area contributed by atoms with Gasteiger partial charge in [-0.2, -0.15) is 0 Å². The zero-order valence-electron chi connectivity index (χ0n) is 8.70. The molecule has 0 spiro atoms. The van der Waals surface area contributed by atoms with E-state index >= 15 is 0 Å². The van der Waals surface area contributed by atoms with Crippen molar-refractivity contribution in [1.82, 2.24) is 4.98 Å². The zero-order valence-corrected chi connectivity index (χ0v) is 8.70. The van der Waals surface area contributed by atoms with Crippen LogP contribution in [0.2, 0.25) is 0 Å². The maximum atomic E-state index is 10.9. The highest BCUT2D eigenvalue weighted by atomic mass is 16.5. The van der Waals surface area contributed by atoms with Crippen LogP contribution in [0.25, 0.3) is 0 Å². The molecule has 1 aromatic rings. The molecule has 0 radical (unpaired) electrons. The van der Waals surface area contributed by atoms with Gasteiger partial charge in [-0.05, 0) is 12.1 Å². The lowest BCUT2D eigenvalue weighted by Crippen LogP contribution is -2.23. The third-order valence-electron chi connectivity index (χ3n) is 2.04. The predicted octanol–water partition coefficient (Wildman–Crippen LogP) is -0.255. The zero-order chi connectivity index (χ0) is 12.1. The Labute approximate surface area is 92.1 Å². The van der Waals surface area contributed by atoms with Crippen LogP contribution >= 0.6 is 0 Å². The molecule has 6 nitrogen and oxygen atoms in total. The van der Waals surface area contributed by atoms with E-state index in [4.69, 9.17) is 5.11 Å². The molecular formula is C10H13NO5. The minimum atomic E-state index is -1.29. The van der Waals surface area contributed by atoms with Crippen LogP contribution in [-0.2, 0) is 9.53 Å². The second kappa shape index (κ2) is 5.43. The first-order chi connectivity index (χ1) is 7.54. The summed E-state index contributed by atoms with van der Waals surface area (Å²) in [7, 11) is 1.19. The molecule has 2 unspecified atom stereocenters. The third-order valence-corrected chi connectivity index (χ3v) is 2.04. The second-order valence-electron chi connectivity index (χ2n) is 3.23. The van der Waals surface area contributed by atoms with Crippen LogP contribution < -0.4 is 0 Å². The Morgan fingerprint density at radius 2 is 2.19 bits per heavy atom. The number of aromatic hydroxyl groups is 1. The summed E-state index contributed by atoms with van der Waals surface area (Å²) < 4.78 is 4.36. The number of ether oxygens (including phenoxy) is 1. The Bertz CT molecular complexity index is 351. The summed E-state index contributed by atoms with van der Waals surface area (Å²) in [4.78, 5) is 14.6. The van der Waals surface area contributed by atoms with Crippen molar-refractivity contribution in [2.45, 2.75) is 18.6 Å². The van der Waals surface area contributed by atoms with Gasteiger partial charge in [-0.25, -0.2) is 0 Å². The number of pyridine rings is 1. The fourth-order valence-electron chi connectivity index (χ4n) is 1.14. The first-order valence-corrected chi connectivity index (χ1v) is 4.62. The van der Waals surface area contributed by atoms with Crippen molar-refractivity contribution in [1.29, 1.82) is 0 Å². The molecule has 16 heavy (non-hydrogen) atoms. The summed E-state index contributed by atoms with van der Waals surface area (Å²) >= 11 is 0. The van der Waals surface area contributed by atoms with Crippen LogP contribution in [0, 0.1) is 0 Å². The second-order valence-corrected chi connectivity index (χ2v) is 3.23. The summed E-state index contributed by atoms with van der Waals surface area (Å²) in [5.74, 6) is -0.663. The van der Waals surface area contributed by atoms with E-state index in [0.717, 1.165) is 6.20 Å². The first-order valence-electron chi connectivity index (χ1n) is 4.62. The molecule has 0 saturated heterocycles. The van der Waals surface area contributed by atoms with Gasteiger partial charge in [0.2, 0.25) is 0 Å². The van der Waals surface area contributed by atoms with E-state index in [0.29, 0.717) is 0 Å². The Hall–Kier alpha value is -1.66. The van der Waals surface area contributed by atoms with Crippen LogP contribution in [0.1, 0.15) is 18.2 Å². The average molecular weight is 227 g/mol. The van der Waals surface area contributed by atoms with Gasteiger partial charge in [0, 0.05) is 0 Å². The van der Waals surface area contributed by atoms with Crippen molar-refractivity contribution in [2.75, 3.05) is 7.11 Å². The molecule has 0 saturated carbocycles. The Morgan fingerprint density at radius 3 is 2.69 bits per heavy atom. The fraction of sp³-hybridized carbons (Fsp3) is 0.400. The van der Waals surface area contributed by atoms with Gasteiger partial charge in [-0.1, -0.05) is 0 Å². The number of carbonyl (C=O) groups excluding carboxylic acids is 1. The normalized spacial score (nSPS) is 14.2. The van der Waals surface area contributed by atoms with E-state index in [1.165, 1.54) is 19.2 Å². The number of aromatic nitrogens is 1. The molecule has 1 heterocycles. The number of methoxy groups -OCH3 is 1. The number of aliphatic hydroxyl groups excluding tert-OH is 2. The molecule has 0 amide bonds.